The molecule has 200 valence electrons. The molecule has 0 bridgehead atoms. The Morgan fingerprint density at radius 3 is 2.74 bits per heavy atom. The first-order chi connectivity index (χ1) is 18.4. The molecule has 3 aromatic rings. The van der Waals surface area contributed by atoms with Crippen molar-refractivity contribution < 1.29 is 23.5 Å². The number of carbonyl (C=O) groups excluding carboxylic acids is 3. The molecule has 0 spiro atoms. The van der Waals surface area contributed by atoms with Crippen LogP contribution in [0.25, 0.3) is 10.1 Å². The number of likely N-dealkylation sites (tertiary alicyclic amines) is 1. The number of amides is 2. The van der Waals surface area contributed by atoms with Crippen molar-refractivity contribution >= 4 is 57.0 Å². The van der Waals surface area contributed by atoms with Crippen LogP contribution in [0.15, 0.2) is 42.5 Å². The SMILES string of the molecule is O=C[C@H]1CC[C@H](OC[C@@H]2C[C@H](F)CN2C(=O)Cc2ccc(NC(=O)c3nsc4ccccc34)c(Cl)c2)CC1. The van der Waals surface area contributed by atoms with Gasteiger partial charge in [0.2, 0.25) is 5.91 Å². The summed E-state index contributed by atoms with van der Waals surface area (Å²) in [7, 11) is 0. The number of nitrogens with zero attached hydrogens (tertiary/aromatic N) is 2. The van der Waals surface area contributed by atoms with Crippen molar-refractivity contribution in [3.8, 4) is 0 Å². The van der Waals surface area contributed by atoms with E-state index in [4.69, 9.17) is 16.3 Å². The first kappa shape index (κ1) is 26.7. The van der Waals surface area contributed by atoms with Gasteiger partial charge in [-0.1, -0.05) is 35.9 Å². The summed E-state index contributed by atoms with van der Waals surface area (Å²) in [6.45, 7) is 0.341. The lowest BCUT2D eigenvalue weighted by atomic mass is 9.88. The van der Waals surface area contributed by atoms with E-state index < -0.39 is 6.17 Å². The van der Waals surface area contributed by atoms with Gasteiger partial charge in [-0.3, -0.25) is 9.59 Å². The third-order valence-corrected chi connectivity index (χ3v) is 8.49. The van der Waals surface area contributed by atoms with E-state index in [1.807, 2.05) is 24.3 Å². The van der Waals surface area contributed by atoms with Crippen LogP contribution < -0.4 is 5.32 Å². The number of nitrogens with one attached hydrogen (secondary N) is 1. The monoisotopic (exact) mass is 557 g/mol. The molecule has 1 saturated heterocycles. The zero-order valence-electron chi connectivity index (χ0n) is 20.8. The molecule has 0 unspecified atom stereocenters. The zero-order chi connectivity index (χ0) is 26.6. The maximum absolute atomic E-state index is 14.3. The Kier molecular flexibility index (Phi) is 8.35. The molecular weight excluding hydrogens is 529 g/mol. The summed E-state index contributed by atoms with van der Waals surface area (Å²) >= 11 is 7.70. The molecule has 1 aliphatic heterocycles. The average Bonchev–Trinajstić information content (AvgIpc) is 3.52. The fourth-order valence-corrected chi connectivity index (χ4v) is 6.26. The van der Waals surface area contributed by atoms with Gasteiger partial charge >= 0.3 is 0 Å². The normalized spacial score (nSPS) is 23.5. The number of fused-ring (bicyclic) bond motifs is 1. The van der Waals surface area contributed by atoms with Crippen molar-refractivity contribution in [2.45, 2.75) is 56.8 Å². The average molecular weight is 558 g/mol. The van der Waals surface area contributed by atoms with Gasteiger partial charge in [0.25, 0.3) is 5.91 Å². The van der Waals surface area contributed by atoms with Crippen molar-refractivity contribution in [3.63, 3.8) is 0 Å². The maximum atomic E-state index is 14.3. The third-order valence-electron chi connectivity index (χ3n) is 7.35. The molecule has 1 aromatic heterocycles. The van der Waals surface area contributed by atoms with E-state index in [1.54, 1.807) is 23.1 Å². The van der Waals surface area contributed by atoms with E-state index in [1.165, 1.54) is 11.5 Å². The smallest absolute Gasteiger partial charge is 0.276 e. The highest BCUT2D eigenvalue weighted by Crippen LogP contribution is 2.29. The molecule has 2 aromatic carbocycles. The van der Waals surface area contributed by atoms with Crippen molar-refractivity contribution in [3.05, 3.63) is 58.7 Å². The molecule has 2 fully saturated rings. The van der Waals surface area contributed by atoms with Gasteiger partial charge in [0, 0.05) is 17.7 Å². The fourth-order valence-electron chi connectivity index (χ4n) is 5.24. The molecule has 2 amide bonds. The van der Waals surface area contributed by atoms with Gasteiger partial charge in [-0.15, -0.1) is 0 Å². The van der Waals surface area contributed by atoms with Gasteiger partial charge in [-0.2, -0.15) is 4.37 Å². The van der Waals surface area contributed by atoms with Crippen molar-refractivity contribution in [1.82, 2.24) is 9.27 Å². The summed E-state index contributed by atoms with van der Waals surface area (Å²) in [6.07, 6.45) is 3.54. The van der Waals surface area contributed by atoms with Crippen LogP contribution in [-0.4, -0.2) is 58.8 Å². The molecule has 1 saturated carbocycles. The summed E-state index contributed by atoms with van der Waals surface area (Å²) in [4.78, 5) is 38.4. The van der Waals surface area contributed by atoms with E-state index in [0.717, 1.165) is 42.1 Å². The second-order valence-electron chi connectivity index (χ2n) is 10.0. The molecule has 1 aliphatic carbocycles. The minimum atomic E-state index is -1.08. The Morgan fingerprint density at radius 1 is 1.18 bits per heavy atom. The molecule has 10 heteroatoms. The van der Waals surface area contributed by atoms with E-state index >= 15 is 0 Å². The van der Waals surface area contributed by atoms with Crippen LogP contribution in [0.3, 0.4) is 0 Å². The Labute approximate surface area is 229 Å². The van der Waals surface area contributed by atoms with Crippen molar-refractivity contribution in [1.29, 1.82) is 0 Å². The van der Waals surface area contributed by atoms with Gasteiger partial charge in [0.1, 0.15) is 18.2 Å². The lowest BCUT2D eigenvalue weighted by molar-refractivity contribution is -0.133. The highest BCUT2D eigenvalue weighted by molar-refractivity contribution is 7.13. The van der Waals surface area contributed by atoms with Crippen LogP contribution in [-0.2, 0) is 20.7 Å². The van der Waals surface area contributed by atoms with Gasteiger partial charge in [-0.25, -0.2) is 4.39 Å². The Morgan fingerprint density at radius 2 is 1.97 bits per heavy atom. The molecule has 2 aliphatic rings. The molecule has 38 heavy (non-hydrogen) atoms. The number of rotatable bonds is 8. The number of hydrogen-bond donors (Lipinski definition) is 1. The first-order valence-corrected chi connectivity index (χ1v) is 14.0. The number of carbonyl (C=O) groups is 3. The summed E-state index contributed by atoms with van der Waals surface area (Å²) in [5.41, 5.74) is 1.43. The predicted octanol–water partition coefficient (Wildman–Crippen LogP) is 5.46. The fraction of sp³-hybridized carbons (Fsp3) is 0.429. The van der Waals surface area contributed by atoms with Crippen LogP contribution in [0, 0.1) is 5.92 Å². The number of anilines is 1. The van der Waals surface area contributed by atoms with Crippen molar-refractivity contribution in [2.24, 2.45) is 5.92 Å². The molecule has 5 rings (SSSR count). The maximum Gasteiger partial charge on any atom is 0.276 e. The molecule has 2 atom stereocenters. The minimum Gasteiger partial charge on any atom is -0.376 e. The van der Waals surface area contributed by atoms with Gasteiger partial charge in [0.15, 0.2) is 0 Å². The first-order valence-electron chi connectivity index (χ1n) is 12.9. The van der Waals surface area contributed by atoms with Crippen LogP contribution in [0.5, 0.6) is 0 Å². The highest BCUT2D eigenvalue weighted by Gasteiger charge is 2.36. The highest BCUT2D eigenvalue weighted by atomic mass is 35.5. The molecule has 0 radical (unpaired) electrons. The predicted molar refractivity (Wildman–Crippen MR) is 146 cm³/mol. The molecular formula is C28H29ClFN3O4S. The van der Waals surface area contributed by atoms with E-state index in [0.29, 0.717) is 28.6 Å². The van der Waals surface area contributed by atoms with Crippen LogP contribution in [0.1, 0.15) is 48.2 Å². The topological polar surface area (TPSA) is 88.6 Å². The molecule has 1 N–H and O–H groups in total. The van der Waals surface area contributed by atoms with Crippen LogP contribution >= 0.6 is 23.1 Å². The summed E-state index contributed by atoms with van der Waals surface area (Å²) < 4.78 is 25.5. The molecule has 2 heterocycles. The lowest BCUT2D eigenvalue weighted by Gasteiger charge is -2.29. The Bertz CT molecular complexity index is 1330. The number of halogens is 2. The second-order valence-corrected chi connectivity index (χ2v) is 11.2. The summed E-state index contributed by atoms with van der Waals surface area (Å²) in [5, 5.41) is 3.88. The number of ether oxygens (including phenoxy) is 1. The van der Waals surface area contributed by atoms with E-state index in [9.17, 15) is 18.8 Å². The number of hydrogen-bond acceptors (Lipinski definition) is 6. The quantitative estimate of drug-likeness (QED) is 0.372. The number of aromatic nitrogens is 1. The zero-order valence-corrected chi connectivity index (χ0v) is 22.3. The lowest BCUT2D eigenvalue weighted by Crippen LogP contribution is -2.40. The molecule has 7 nitrogen and oxygen atoms in total. The summed E-state index contributed by atoms with van der Waals surface area (Å²) in [5.74, 6) is -0.444. The van der Waals surface area contributed by atoms with E-state index in [2.05, 4.69) is 9.69 Å². The summed E-state index contributed by atoms with van der Waals surface area (Å²) in [6, 6.07) is 12.2. The number of alkyl halides is 1. The Hall–Kier alpha value is -2.88. The van der Waals surface area contributed by atoms with Gasteiger partial charge < -0.3 is 19.7 Å². The minimum absolute atomic E-state index is 0.0469. The second kappa shape index (κ2) is 11.9. The van der Waals surface area contributed by atoms with Crippen LogP contribution in [0.2, 0.25) is 5.02 Å². The van der Waals surface area contributed by atoms with Crippen molar-refractivity contribution in [2.75, 3.05) is 18.5 Å². The van der Waals surface area contributed by atoms with Gasteiger partial charge in [0.05, 0.1) is 47.1 Å². The number of benzene rings is 2. The Balaban J connectivity index is 1.18. The number of aldehydes is 1. The third kappa shape index (κ3) is 6.06. The largest absolute Gasteiger partial charge is 0.376 e. The van der Waals surface area contributed by atoms with Gasteiger partial charge in [-0.05, 0) is 61.0 Å². The van der Waals surface area contributed by atoms with Crippen LogP contribution in [0.4, 0.5) is 10.1 Å². The van der Waals surface area contributed by atoms with E-state index in [-0.39, 0.29) is 49.3 Å². The standard InChI is InChI=1S/C28H29ClFN3O4S/c29-23-11-18(7-10-24(23)31-28(36)27-22-3-1-2-4-25(22)38-32-27)12-26(35)33-14-19(30)13-20(33)16-37-21-8-5-17(15-34)6-9-21/h1-4,7,10-11,15,17,19-21H,5-6,8-9,12-14,16H2,(H,31,36)/t17-,19-,20-,21-/m0/s1.